The van der Waals surface area contributed by atoms with Crippen LogP contribution in [0.2, 0.25) is 0 Å². The van der Waals surface area contributed by atoms with Crippen molar-refractivity contribution in [2.24, 2.45) is 0 Å². The highest BCUT2D eigenvalue weighted by atomic mass is 16.6. The topological polar surface area (TPSA) is 99.2 Å². The summed E-state index contributed by atoms with van der Waals surface area (Å²) < 4.78 is 0. The summed E-state index contributed by atoms with van der Waals surface area (Å²) in [6.45, 7) is 0. The van der Waals surface area contributed by atoms with Crippen LogP contribution in [0, 0.1) is 20.2 Å². The molecule has 0 atom stereocenters. The van der Waals surface area contributed by atoms with E-state index in [1.165, 1.54) is 22.9 Å². The lowest BCUT2D eigenvalue weighted by Crippen LogP contribution is -1.95. The fraction of sp³-hybridized carbons (Fsp3) is 0. The number of hydrogen-bond acceptors (Lipinski definition) is 5. The van der Waals surface area contributed by atoms with Crippen molar-refractivity contribution in [3.05, 3.63) is 87.2 Å². The summed E-state index contributed by atoms with van der Waals surface area (Å²) in [5, 5.41) is 22.9. The van der Waals surface area contributed by atoms with Gasteiger partial charge in [-0.1, -0.05) is 36.4 Å². The molecule has 0 aliphatic heterocycles. The van der Waals surface area contributed by atoms with Gasteiger partial charge in [-0.2, -0.15) is 0 Å². The van der Waals surface area contributed by atoms with Crippen LogP contribution in [-0.4, -0.2) is 14.8 Å². The van der Waals surface area contributed by atoms with Crippen molar-refractivity contribution in [3.8, 4) is 0 Å². The number of aromatic nitrogens is 1. The number of rotatable bonds is 2. The lowest BCUT2D eigenvalue weighted by molar-refractivity contribution is -0.422. The second-order valence-electron chi connectivity index (χ2n) is 4.23. The van der Waals surface area contributed by atoms with E-state index in [4.69, 9.17) is 0 Å². The zero-order valence-electron chi connectivity index (χ0n) is 11.3. The Labute approximate surface area is 125 Å². The summed E-state index contributed by atoms with van der Waals surface area (Å²) in [5.41, 5.74) is -0.968. The molecule has 0 radical (unpaired) electrons. The Bertz CT molecular complexity index is 722. The number of fused-ring (bicyclic) bond motifs is 1. The molecule has 3 rings (SSSR count). The largest absolute Gasteiger partial charge is 0.346 e. The minimum atomic E-state index is -0.780. The Morgan fingerprint density at radius 3 is 1.73 bits per heavy atom. The van der Waals surface area contributed by atoms with Crippen LogP contribution in [0.4, 0.5) is 11.4 Å². The van der Waals surface area contributed by atoms with Gasteiger partial charge in [0.05, 0.1) is 9.85 Å². The molecule has 0 saturated carbocycles. The Balaban J connectivity index is 0.000000162. The highest BCUT2D eigenvalue weighted by Crippen LogP contribution is 2.24. The van der Waals surface area contributed by atoms with Crippen LogP contribution in [0.1, 0.15) is 0 Å². The van der Waals surface area contributed by atoms with Crippen molar-refractivity contribution in [2.45, 2.75) is 0 Å². The van der Waals surface area contributed by atoms with Gasteiger partial charge in [-0.25, -0.2) is 0 Å². The normalized spacial score (nSPS) is 9.64. The molecule has 0 saturated heterocycles. The second-order valence-corrected chi connectivity index (χ2v) is 4.23. The Hall–Kier alpha value is -3.35. The maximum atomic E-state index is 10.2. The first-order chi connectivity index (χ1) is 10.6. The number of nitrogens with zero attached hydrogens (tertiary/aromatic N) is 3. The average Bonchev–Trinajstić information content (AvgIpc) is 2.55. The quantitative estimate of drug-likeness (QED) is 0.530. The first-order valence-corrected chi connectivity index (χ1v) is 6.26. The summed E-state index contributed by atoms with van der Waals surface area (Å²) >= 11 is 0. The van der Waals surface area contributed by atoms with Gasteiger partial charge in [0, 0.05) is 24.5 Å². The second kappa shape index (κ2) is 6.89. The summed E-state index contributed by atoms with van der Waals surface area (Å²) in [4.78, 5) is 22.9. The molecular weight excluding hydrogens is 286 g/mol. The van der Waals surface area contributed by atoms with E-state index in [1.807, 2.05) is 30.6 Å². The van der Waals surface area contributed by atoms with Gasteiger partial charge < -0.3 is 0 Å². The van der Waals surface area contributed by atoms with Crippen molar-refractivity contribution in [3.63, 3.8) is 0 Å². The van der Waals surface area contributed by atoms with Gasteiger partial charge in [-0.05, 0) is 16.8 Å². The molecule has 110 valence electrons. The van der Waals surface area contributed by atoms with Crippen LogP contribution in [0.15, 0.2) is 67.0 Å². The highest BCUT2D eigenvalue weighted by molar-refractivity contribution is 5.80. The third kappa shape index (κ3) is 3.60. The maximum absolute atomic E-state index is 10.2. The lowest BCUT2D eigenvalue weighted by atomic mass is 10.2. The standard InChI is InChI=1S/C9H7N.C6H4N2O4/c1-2-4-9-7-10-6-5-8(9)3-1;9-7(10)5-3-1-2-4-6(5)8(11)12/h1-7H;1-4H. The van der Waals surface area contributed by atoms with Crippen LogP contribution in [0.5, 0.6) is 0 Å². The molecule has 0 spiro atoms. The van der Waals surface area contributed by atoms with E-state index in [9.17, 15) is 20.2 Å². The predicted molar refractivity (Wildman–Crippen MR) is 81.5 cm³/mol. The zero-order chi connectivity index (χ0) is 15.9. The minimum absolute atomic E-state index is 0.484. The van der Waals surface area contributed by atoms with Crippen LogP contribution < -0.4 is 0 Å². The molecular formula is C15H11N3O4. The third-order valence-corrected chi connectivity index (χ3v) is 2.82. The molecule has 0 fully saturated rings. The lowest BCUT2D eigenvalue weighted by Gasteiger charge is -1.91. The van der Waals surface area contributed by atoms with E-state index in [0.29, 0.717) is 0 Å². The zero-order valence-corrected chi connectivity index (χ0v) is 11.3. The number of para-hydroxylation sites is 2. The van der Waals surface area contributed by atoms with Crippen molar-refractivity contribution >= 4 is 22.1 Å². The summed E-state index contributed by atoms with van der Waals surface area (Å²) in [6, 6.07) is 15.1. The first kappa shape index (κ1) is 15.0. The van der Waals surface area contributed by atoms with Gasteiger partial charge in [0.1, 0.15) is 0 Å². The molecule has 0 aliphatic rings. The predicted octanol–water partition coefficient (Wildman–Crippen LogP) is 3.74. The maximum Gasteiger partial charge on any atom is 0.346 e. The van der Waals surface area contributed by atoms with Gasteiger partial charge in [-0.15, -0.1) is 0 Å². The smallest absolute Gasteiger partial charge is 0.264 e. The van der Waals surface area contributed by atoms with Gasteiger partial charge in [0.25, 0.3) is 0 Å². The molecule has 0 unspecified atom stereocenters. The number of nitro groups is 2. The van der Waals surface area contributed by atoms with E-state index in [0.717, 1.165) is 12.1 Å². The Morgan fingerprint density at radius 2 is 1.23 bits per heavy atom. The minimum Gasteiger partial charge on any atom is -0.264 e. The summed E-state index contributed by atoms with van der Waals surface area (Å²) in [5.74, 6) is 0. The molecule has 7 nitrogen and oxygen atoms in total. The van der Waals surface area contributed by atoms with Crippen LogP contribution in [0.25, 0.3) is 10.8 Å². The van der Waals surface area contributed by atoms with Crippen LogP contribution in [0.3, 0.4) is 0 Å². The van der Waals surface area contributed by atoms with E-state index < -0.39 is 21.2 Å². The molecule has 22 heavy (non-hydrogen) atoms. The molecule has 0 bridgehead atoms. The van der Waals surface area contributed by atoms with Crippen molar-refractivity contribution in [1.82, 2.24) is 4.98 Å². The molecule has 0 amide bonds. The average molecular weight is 297 g/mol. The molecule has 1 aromatic heterocycles. The Morgan fingerprint density at radius 1 is 0.727 bits per heavy atom. The molecule has 2 aromatic carbocycles. The van der Waals surface area contributed by atoms with Crippen molar-refractivity contribution < 1.29 is 9.85 Å². The SMILES string of the molecule is O=[N+]([O-])c1ccccc1[N+](=O)[O-].c1ccc2cnccc2c1. The molecule has 0 N–H and O–H groups in total. The molecule has 3 aromatic rings. The molecule has 7 heteroatoms. The number of nitro benzene ring substituents is 2. The molecule has 1 heterocycles. The van der Waals surface area contributed by atoms with E-state index in [-0.39, 0.29) is 0 Å². The summed E-state index contributed by atoms with van der Waals surface area (Å²) in [6.07, 6.45) is 3.68. The van der Waals surface area contributed by atoms with Crippen molar-refractivity contribution in [1.29, 1.82) is 0 Å². The third-order valence-electron chi connectivity index (χ3n) is 2.82. The number of benzene rings is 2. The monoisotopic (exact) mass is 297 g/mol. The molecule has 0 aliphatic carbocycles. The number of hydrogen-bond donors (Lipinski definition) is 0. The Kier molecular flexibility index (Phi) is 4.71. The summed E-state index contributed by atoms with van der Waals surface area (Å²) in [7, 11) is 0. The van der Waals surface area contributed by atoms with Gasteiger partial charge >= 0.3 is 11.4 Å². The first-order valence-electron chi connectivity index (χ1n) is 6.26. The van der Waals surface area contributed by atoms with Crippen LogP contribution >= 0.6 is 0 Å². The number of pyridine rings is 1. The van der Waals surface area contributed by atoms with Gasteiger partial charge in [0.2, 0.25) is 0 Å². The highest BCUT2D eigenvalue weighted by Gasteiger charge is 2.21. The van der Waals surface area contributed by atoms with E-state index >= 15 is 0 Å². The van der Waals surface area contributed by atoms with Crippen molar-refractivity contribution in [2.75, 3.05) is 0 Å². The van der Waals surface area contributed by atoms with E-state index in [2.05, 4.69) is 17.1 Å². The van der Waals surface area contributed by atoms with E-state index in [1.54, 1.807) is 0 Å². The van der Waals surface area contributed by atoms with Gasteiger partial charge in [0.15, 0.2) is 0 Å². The van der Waals surface area contributed by atoms with Gasteiger partial charge in [-0.3, -0.25) is 25.2 Å². The fourth-order valence-corrected chi connectivity index (χ4v) is 1.80. The fourth-order valence-electron chi connectivity index (χ4n) is 1.80. The van der Waals surface area contributed by atoms with Crippen LogP contribution in [-0.2, 0) is 0 Å².